The van der Waals surface area contributed by atoms with Crippen LogP contribution in [0.2, 0.25) is 0 Å². The van der Waals surface area contributed by atoms with E-state index >= 15 is 0 Å². The number of carbonyl (C=O) groups is 1. The number of carbonyl (C=O) groups excluding carboxylic acids is 1. The average Bonchev–Trinajstić information content (AvgIpc) is 2.93. The Morgan fingerprint density at radius 1 is 1.32 bits per heavy atom. The van der Waals surface area contributed by atoms with Crippen LogP contribution in [0.4, 0.5) is 14.6 Å². The van der Waals surface area contributed by atoms with Gasteiger partial charge < -0.3 is 14.5 Å². The van der Waals surface area contributed by atoms with Crippen molar-refractivity contribution in [3.05, 3.63) is 53.6 Å². The van der Waals surface area contributed by atoms with E-state index < -0.39 is 18.0 Å². The lowest BCUT2D eigenvalue weighted by atomic mass is 10.2. The van der Waals surface area contributed by atoms with Crippen molar-refractivity contribution >= 4 is 17.4 Å². The summed E-state index contributed by atoms with van der Waals surface area (Å²) in [7, 11) is 0. The number of imidazole rings is 1. The van der Waals surface area contributed by atoms with E-state index in [2.05, 4.69) is 15.3 Å². The van der Waals surface area contributed by atoms with Crippen molar-refractivity contribution in [3.8, 4) is 5.75 Å². The first-order valence-corrected chi connectivity index (χ1v) is 7.66. The Balaban J connectivity index is 1.95. The summed E-state index contributed by atoms with van der Waals surface area (Å²) in [6.45, 7) is 4.01. The first-order valence-electron chi connectivity index (χ1n) is 7.66. The Hall–Kier alpha value is -3.03. The lowest BCUT2D eigenvalue weighted by molar-refractivity contribution is 0.102. The minimum Gasteiger partial charge on any atom is -0.493 e. The molecule has 1 amide bonds. The summed E-state index contributed by atoms with van der Waals surface area (Å²) in [5.74, 6) is -0.0918. The standard InChI is InChI=1S/C17H16F2N4O2/c1-3-25-13-7-15-20-10(2)8-23(15)9-11(13)17(24)22-14-6-4-5-12(21-14)16(18)19/h4-9,16H,3H2,1-2H3,(H,21,22,24). The summed E-state index contributed by atoms with van der Waals surface area (Å²) in [5.41, 5.74) is 1.31. The fourth-order valence-corrected chi connectivity index (χ4v) is 2.41. The summed E-state index contributed by atoms with van der Waals surface area (Å²) in [6.07, 6.45) is 0.658. The summed E-state index contributed by atoms with van der Waals surface area (Å²) >= 11 is 0. The van der Waals surface area contributed by atoms with E-state index in [0.29, 0.717) is 18.0 Å². The van der Waals surface area contributed by atoms with Crippen molar-refractivity contribution in [2.45, 2.75) is 20.3 Å². The van der Waals surface area contributed by atoms with Gasteiger partial charge in [-0.1, -0.05) is 6.07 Å². The molecule has 8 heteroatoms. The third kappa shape index (κ3) is 3.57. The van der Waals surface area contributed by atoms with Crippen LogP contribution in [0.1, 0.15) is 35.1 Å². The van der Waals surface area contributed by atoms with Crippen LogP contribution in [0.15, 0.2) is 36.7 Å². The molecule has 0 fully saturated rings. The highest BCUT2D eigenvalue weighted by Crippen LogP contribution is 2.23. The van der Waals surface area contributed by atoms with Gasteiger partial charge in [-0.15, -0.1) is 0 Å². The van der Waals surface area contributed by atoms with Crippen LogP contribution in [-0.2, 0) is 0 Å². The van der Waals surface area contributed by atoms with E-state index in [0.717, 1.165) is 5.69 Å². The number of alkyl halides is 2. The molecule has 130 valence electrons. The molecule has 0 bridgehead atoms. The number of aromatic nitrogens is 3. The molecule has 0 saturated carbocycles. The van der Waals surface area contributed by atoms with Gasteiger partial charge in [0.25, 0.3) is 12.3 Å². The van der Waals surface area contributed by atoms with Gasteiger partial charge >= 0.3 is 0 Å². The summed E-state index contributed by atoms with van der Waals surface area (Å²) < 4.78 is 32.7. The SMILES string of the molecule is CCOc1cc2nc(C)cn2cc1C(=O)Nc1cccc(C(F)F)n1. The molecule has 3 aromatic rings. The van der Waals surface area contributed by atoms with E-state index in [-0.39, 0.29) is 11.4 Å². The molecule has 3 rings (SSSR count). The number of ether oxygens (including phenoxy) is 1. The highest BCUT2D eigenvalue weighted by Gasteiger charge is 2.17. The number of hydrogen-bond acceptors (Lipinski definition) is 4. The van der Waals surface area contributed by atoms with E-state index in [9.17, 15) is 13.6 Å². The molecule has 3 heterocycles. The Kier molecular flexibility index (Phi) is 4.60. The predicted molar refractivity (Wildman–Crippen MR) is 88.2 cm³/mol. The number of fused-ring (bicyclic) bond motifs is 1. The molecule has 0 radical (unpaired) electrons. The van der Waals surface area contributed by atoms with Crippen LogP contribution in [-0.4, -0.2) is 26.9 Å². The molecule has 3 aromatic heterocycles. The lowest BCUT2D eigenvalue weighted by Gasteiger charge is -2.11. The zero-order valence-corrected chi connectivity index (χ0v) is 13.7. The zero-order chi connectivity index (χ0) is 18.0. The van der Waals surface area contributed by atoms with Gasteiger partial charge in [-0.3, -0.25) is 4.79 Å². The largest absolute Gasteiger partial charge is 0.493 e. The molecule has 0 aliphatic carbocycles. The zero-order valence-electron chi connectivity index (χ0n) is 13.7. The van der Waals surface area contributed by atoms with Gasteiger partial charge in [0.05, 0.1) is 17.9 Å². The maximum atomic E-state index is 12.7. The number of nitrogens with zero attached hydrogens (tertiary/aromatic N) is 3. The molecule has 25 heavy (non-hydrogen) atoms. The molecular formula is C17H16F2N4O2. The second-order valence-electron chi connectivity index (χ2n) is 5.33. The number of amides is 1. The molecule has 0 aliphatic rings. The smallest absolute Gasteiger partial charge is 0.280 e. The van der Waals surface area contributed by atoms with Gasteiger partial charge in [0.2, 0.25) is 0 Å². The van der Waals surface area contributed by atoms with Crippen LogP contribution in [0.25, 0.3) is 5.65 Å². The van der Waals surface area contributed by atoms with Crippen molar-refractivity contribution in [2.24, 2.45) is 0 Å². The first kappa shape index (κ1) is 16.8. The number of aryl methyl sites for hydroxylation is 1. The van der Waals surface area contributed by atoms with Crippen molar-refractivity contribution in [1.29, 1.82) is 0 Å². The second-order valence-corrected chi connectivity index (χ2v) is 5.33. The van der Waals surface area contributed by atoms with E-state index in [1.54, 1.807) is 29.8 Å². The number of halogens is 2. The monoisotopic (exact) mass is 346 g/mol. The average molecular weight is 346 g/mol. The predicted octanol–water partition coefficient (Wildman–Crippen LogP) is 3.63. The number of nitrogens with one attached hydrogen (secondary N) is 1. The molecular weight excluding hydrogens is 330 g/mol. The third-order valence-electron chi connectivity index (χ3n) is 3.46. The van der Waals surface area contributed by atoms with Crippen molar-refractivity contribution in [3.63, 3.8) is 0 Å². The summed E-state index contributed by atoms with van der Waals surface area (Å²) in [5, 5.41) is 2.53. The fourth-order valence-electron chi connectivity index (χ4n) is 2.41. The number of pyridine rings is 2. The van der Waals surface area contributed by atoms with Crippen molar-refractivity contribution in [1.82, 2.24) is 14.4 Å². The minimum absolute atomic E-state index is 0.0483. The van der Waals surface area contributed by atoms with Gasteiger partial charge in [-0.05, 0) is 26.0 Å². The Labute approximate surface area is 142 Å². The van der Waals surface area contributed by atoms with Crippen LogP contribution in [0.5, 0.6) is 5.75 Å². The fraction of sp³-hybridized carbons (Fsp3) is 0.235. The summed E-state index contributed by atoms with van der Waals surface area (Å²) in [6, 6.07) is 5.72. The second kappa shape index (κ2) is 6.84. The number of rotatable bonds is 5. The van der Waals surface area contributed by atoms with Crippen LogP contribution in [0, 0.1) is 6.92 Å². The van der Waals surface area contributed by atoms with Crippen LogP contribution in [0.3, 0.4) is 0 Å². The topological polar surface area (TPSA) is 68.5 Å². The van der Waals surface area contributed by atoms with Crippen LogP contribution >= 0.6 is 0 Å². The van der Waals surface area contributed by atoms with Gasteiger partial charge in [-0.2, -0.15) is 0 Å². The van der Waals surface area contributed by atoms with Gasteiger partial charge in [0, 0.05) is 18.5 Å². The molecule has 0 aliphatic heterocycles. The molecule has 6 nitrogen and oxygen atoms in total. The van der Waals surface area contributed by atoms with E-state index in [1.165, 1.54) is 18.2 Å². The molecule has 0 saturated heterocycles. The van der Waals surface area contributed by atoms with Crippen LogP contribution < -0.4 is 10.1 Å². The molecule has 0 atom stereocenters. The molecule has 1 N–H and O–H groups in total. The maximum absolute atomic E-state index is 12.7. The van der Waals surface area contributed by atoms with Gasteiger partial charge in [0.1, 0.15) is 22.9 Å². The maximum Gasteiger partial charge on any atom is 0.280 e. The third-order valence-corrected chi connectivity index (χ3v) is 3.46. The molecule has 0 spiro atoms. The number of hydrogen-bond donors (Lipinski definition) is 1. The van der Waals surface area contributed by atoms with E-state index in [1.807, 2.05) is 6.92 Å². The lowest BCUT2D eigenvalue weighted by Crippen LogP contribution is -2.16. The van der Waals surface area contributed by atoms with Gasteiger partial charge in [-0.25, -0.2) is 18.7 Å². The van der Waals surface area contributed by atoms with Crippen molar-refractivity contribution < 1.29 is 18.3 Å². The molecule has 0 aromatic carbocycles. The number of anilines is 1. The highest BCUT2D eigenvalue weighted by atomic mass is 19.3. The molecule has 0 unspecified atom stereocenters. The Morgan fingerprint density at radius 2 is 2.12 bits per heavy atom. The quantitative estimate of drug-likeness (QED) is 0.766. The highest BCUT2D eigenvalue weighted by molar-refractivity contribution is 6.05. The Morgan fingerprint density at radius 3 is 2.84 bits per heavy atom. The van der Waals surface area contributed by atoms with Gasteiger partial charge in [0.15, 0.2) is 0 Å². The van der Waals surface area contributed by atoms with E-state index in [4.69, 9.17) is 4.74 Å². The normalized spacial score (nSPS) is 11.1. The minimum atomic E-state index is -2.71. The Bertz CT molecular complexity index is 924. The summed E-state index contributed by atoms with van der Waals surface area (Å²) in [4.78, 5) is 20.7. The first-order chi connectivity index (χ1) is 12.0. The van der Waals surface area contributed by atoms with Crippen molar-refractivity contribution in [2.75, 3.05) is 11.9 Å².